The van der Waals surface area contributed by atoms with Gasteiger partial charge in [0, 0.05) is 23.4 Å². The fourth-order valence-electron chi connectivity index (χ4n) is 8.36. The average Bonchev–Trinajstić information content (AvgIpc) is 3.36. The number of hydrogen-bond donors (Lipinski definition) is 1. The zero-order valence-corrected chi connectivity index (χ0v) is 19.1. The summed E-state index contributed by atoms with van der Waals surface area (Å²) in [5.74, 6) is 0.543. The fraction of sp³-hybridized carbons (Fsp3) is 0.593. The molecular formula is C27H31NO4. The van der Waals surface area contributed by atoms with E-state index in [1.807, 2.05) is 19.9 Å². The van der Waals surface area contributed by atoms with Gasteiger partial charge < -0.3 is 19.1 Å². The molecule has 5 aliphatic rings. The number of aliphatic hydroxyl groups is 1. The van der Waals surface area contributed by atoms with Crippen LogP contribution in [0.15, 0.2) is 35.9 Å². The Morgan fingerprint density at radius 2 is 1.97 bits per heavy atom. The van der Waals surface area contributed by atoms with Crippen LogP contribution in [0.2, 0.25) is 0 Å². The third kappa shape index (κ3) is 2.13. The molecule has 0 radical (unpaired) electrons. The van der Waals surface area contributed by atoms with Crippen LogP contribution >= 0.6 is 0 Å². The summed E-state index contributed by atoms with van der Waals surface area (Å²) in [7, 11) is 0. The van der Waals surface area contributed by atoms with Crippen molar-refractivity contribution in [2.24, 2.45) is 17.3 Å². The van der Waals surface area contributed by atoms with Crippen LogP contribution in [0.1, 0.15) is 63.6 Å². The minimum atomic E-state index is -0.732. The molecule has 1 spiro atoms. The van der Waals surface area contributed by atoms with Crippen molar-refractivity contribution in [1.29, 1.82) is 0 Å². The van der Waals surface area contributed by atoms with Crippen LogP contribution in [0.3, 0.4) is 0 Å². The topological polar surface area (TPSA) is 60.7 Å². The lowest BCUT2D eigenvalue weighted by Crippen LogP contribution is -2.54. The third-order valence-electron chi connectivity index (χ3n) is 9.56. The number of nitrogens with zero attached hydrogens (tertiary/aromatic N) is 1. The van der Waals surface area contributed by atoms with E-state index in [9.17, 15) is 9.90 Å². The molecule has 7 rings (SSSR count). The first kappa shape index (κ1) is 19.5. The van der Waals surface area contributed by atoms with Crippen molar-refractivity contribution < 1.29 is 19.4 Å². The van der Waals surface area contributed by atoms with Crippen molar-refractivity contribution in [3.05, 3.63) is 47.2 Å². The second-order valence-electron chi connectivity index (χ2n) is 11.5. The Balaban J connectivity index is 1.38. The molecule has 2 bridgehead atoms. The van der Waals surface area contributed by atoms with E-state index >= 15 is 0 Å². The normalized spacial score (nSPS) is 41.1. The highest BCUT2D eigenvalue weighted by Crippen LogP contribution is 2.68. The molecule has 1 N–H and O–H groups in total. The first-order valence-electron chi connectivity index (χ1n) is 12.1. The summed E-state index contributed by atoms with van der Waals surface area (Å²) in [4.78, 5) is 13.0. The van der Waals surface area contributed by atoms with Crippen LogP contribution in [-0.2, 0) is 27.4 Å². The van der Waals surface area contributed by atoms with Gasteiger partial charge in [0.15, 0.2) is 17.7 Å². The standard InChI is InChI=1S/C27H31NO4/c1-25(2)24-21(30)13-19-18-9-8-15-12-17-16-6-4-5-7-20(16)28(14-29)23(17)22(15)26(18,3)10-11-27(19,31-24)32-25/h4-7,13,15,18,22,24,29H,8-12,14H2,1-3H3. The van der Waals surface area contributed by atoms with Crippen LogP contribution in [0.4, 0.5) is 0 Å². The Bertz CT molecular complexity index is 1210. The van der Waals surface area contributed by atoms with E-state index in [1.54, 1.807) is 0 Å². The number of para-hydroxylation sites is 1. The molecule has 3 heterocycles. The number of carbonyl (C=O) groups excluding carboxylic acids is 1. The third-order valence-corrected chi connectivity index (χ3v) is 9.56. The van der Waals surface area contributed by atoms with Crippen molar-refractivity contribution in [1.82, 2.24) is 4.57 Å². The van der Waals surface area contributed by atoms with E-state index in [4.69, 9.17) is 9.47 Å². The highest BCUT2D eigenvalue weighted by Gasteiger charge is 2.67. The van der Waals surface area contributed by atoms with E-state index in [0.717, 1.165) is 43.2 Å². The summed E-state index contributed by atoms with van der Waals surface area (Å²) < 4.78 is 15.1. The molecular weight excluding hydrogens is 402 g/mol. The van der Waals surface area contributed by atoms with Gasteiger partial charge in [-0.25, -0.2) is 0 Å². The van der Waals surface area contributed by atoms with Crippen molar-refractivity contribution in [3.8, 4) is 0 Å². The summed E-state index contributed by atoms with van der Waals surface area (Å²) in [6, 6.07) is 8.50. The van der Waals surface area contributed by atoms with Crippen molar-refractivity contribution in [2.45, 2.75) is 83.0 Å². The van der Waals surface area contributed by atoms with Gasteiger partial charge in [0.1, 0.15) is 12.3 Å². The molecule has 2 aromatic rings. The summed E-state index contributed by atoms with van der Waals surface area (Å²) in [6.07, 6.45) is 6.47. The van der Waals surface area contributed by atoms with Gasteiger partial charge in [-0.05, 0) is 80.1 Å². The molecule has 3 aliphatic carbocycles. The van der Waals surface area contributed by atoms with Crippen molar-refractivity contribution in [3.63, 3.8) is 0 Å². The summed E-state index contributed by atoms with van der Waals surface area (Å²) in [5, 5.41) is 11.7. The van der Waals surface area contributed by atoms with E-state index < -0.39 is 17.5 Å². The Hall–Kier alpha value is -1.95. The molecule has 3 fully saturated rings. The van der Waals surface area contributed by atoms with E-state index in [0.29, 0.717) is 11.8 Å². The van der Waals surface area contributed by atoms with Crippen LogP contribution in [0.25, 0.3) is 10.9 Å². The average molecular weight is 434 g/mol. The lowest BCUT2D eigenvalue weighted by atomic mass is 9.50. The Kier molecular flexibility index (Phi) is 3.62. The summed E-state index contributed by atoms with van der Waals surface area (Å²) in [5.41, 5.74) is 4.39. The number of carbonyl (C=O) groups is 1. The number of ether oxygens (including phenoxy) is 2. The zero-order chi connectivity index (χ0) is 22.0. The largest absolute Gasteiger partial charge is 0.376 e. The summed E-state index contributed by atoms with van der Waals surface area (Å²) >= 11 is 0. The number of aromatic nitrogens is 1. The fourth-order valence-corrected chi connectivity index (χ4v) is 8.36. The minimum absolute atomic E-state index is 0.00697. The molecule has 1 saturated heterocycles. The maximum Gasteiger partial charge on any atom is 0.193 e. The molecule has 2 saturated carbocycles. The highest BCUT2D eigenvalue weighted by atomic mass is 16.8. The van der Waals surface area contributed by atoms with Crippen molar-refractivity contribution >= 4 is 16.7 Å². The van der Waals surface area contributed by atoms with E-state index in [1.165, 1.54) is 16.6 Å². The van der Waals surface area contributed by atoms with Gasteiger partial charge in [-0.3, -0.25) is 4.79 Å². The highest BCUT2D eigenvalue weighted by molar-refractivity contribution is 5.97. The molecule has 2 aliphatic heterocycles. The lowest BCUT2D eigenvalue weighted by molar-refractivity contribution is -0.199. The Morgan fingerprint density at radius 1 is 1.16 bits per heavy atom. The predicted octanol–water partition coefficient (Wildman–Crippen LogP) is 4.46. The van der Waals surface area contributed by atoms with Gasteiger partial charge in [0.2, 0.25) is 0 Å². The second kappa shape index (κ2) is 5.94. The molecule has 6 unspecified atom stereocenters. The molecule has 168 valence electrons. The van der Waals surface area contributed by atoms with E-state index in [2.05, 4.69) is 35.8 Å². The minimum Gasteiger partial charge on any atom is -0.376 e. The van der Waals surface area contributed by atoms with Crippen LogP contribution < -0.4 is 0 Å². The number of rotatable bonds is 1. The van der Waals surface area contributed by atoms with Crippen molar-refractivity contribution in [2.75, 3.05) is 0 Å². The van der Waals surface area contributed by atoms with Gasteiger partial charge in [-0.1, -0.05) is 25.1 Å². The maximum absolute atomic E-state index is 13.0. The number of aliphatic hydroxyl groups excluding tert-OH is 1. The van der Waals surface area contributed by atoms with E-state index in [-0.39, 0.29) is 23.8 Å². The predicted molar refractivity (Wildman–Crippen MR) is 120 cm³/mol. The maximum atomic E-state index is 13.0. The molecule has 5 nitrogen and oxygen atoms in total. The van der Waals surface area contributed by atoms with Crippen LogP contribution in [0, 0.1) is 17.3 Å². The Labute approximate surface area is 188 Å². The monoisotopic (exact) mass is 433 g/mol. The molecule has 1 aromatic heterocycles. The SMILES string of the molecule is CC1(C)OC23CCC4(C)C(CCC5Cc6c(n(CO)c7ccccc67)C54)C2=CC(=O)C1O3. The first-order chi connectivity index (χ1) is 15.3. The Morgan fingerprint density at radius 3 is 2.78 bits per heavy atom. The number of hydrogen-bond acceptors (Lipinski definition) is 4. The molecule has 6 atom stereocenters. The molecule has 5 heteroatoms. The smallest absolute Gasteiger partial charge is 0.193 e. The molecule has 32 heavy (non-hydrogen) atoms. The van der Waals surface area contributed by atoms with Crippen LogP contribution in [-0.4, -0.2) is 32.9 Å². The number of ketones is 1. The first-order valence-corrected chi connectivity index (χ1v) is 12.1. The van der Waals surface area contributed by atoms with Gasteiger partial charge >= 0.3 is 0 Å². The summed E-state index contributed by atoms with van der Waals surface area (Å²) in [6.45, 7) is 6.39. The zero-order valence-electron chi connectivity index (χ0n) is 19.1. The second-order valence-corrected chi connectivity index (χ2v) is 11.5. The van der Waals surface area contributed by atoms with Gasteiger partial charge in [0.25, 0.3) is 0 Å². The number of fused-ring (bicyclic) bond motifs is 9. The van der Waals surface area contributed by atoms with Gasteiger partial charge in [0.05, 0.1) is 5.52 Å². The number of benzene rings is 1. The molecule has 1 aromatic carbocycles. The van der Waals surface area contributed by atoms with Gasteiger partial charge in [-0.15, -0.1) is 0 Å². The van der Waals surface area contributed by atoms with Crippen LogP contribution in [0.5, 0.6) is 0 Å². The van der Waals surface area contributed by atoms with Gasteiger partial charge in [-0.2, -0.15) is 0 Å². The molecule has 0 amide bonds. The quantitative estimate of drug-likeness (QED) is 0.722. The lowest BCUT2D eigenvalue weighted by Gasteiger charge is -2.57.